The van der Waals surface area contributed by atoms with Crippen molar-refractivity contribution in [2.75, 3.05) is 11.6 Å². The lowest BCUT2D eigenvalue weighted by atomic mass is 10.2. The molecule has 0 aliphatic carbocycles. The topological polar surface area (TPSA) is 105 Å². The first kappa shape index (κ1) is 16.7. The molecule has 3 N–H and O–H groups in total. The van der Waals surface area contributed by atoms with Crippen LogP contribution >= 0.6 is 11.3 Å². The highest BCUT2D eigenvalue weighted by molar-refractivity contribution is 7.17. The zero-order chi connectivity index (χ0) is 19.3. The summed E-state index contributed by atoms with van der Waals surface area (Å²) >= 11 is 1.39. The van der Waals surface area contributed by atoms with Crippen LogP contribution < -0.4 is 16.2 Å². The first-order valence-electron chi connectivity index (χ1n) is 8.80. The van der Waals surface area contributed by atoms with Crippen LogP contribution in [0.3, 0.4) is 0 Å². The fourth-order valence-electron chi connectivity index (χ4n) is 3.41. The smallest absolute Gasteiger partial charge is 0.268 e. The molecule has 28 heavy (non-hydrogen) atoms. The molecule has 3 aromatic heterocycles. The SMILES string of the molecule is CC(c1nc2ccsc2c(=O)[nH]1)n1cnc2c1N(c1ccccc1)CN=C2N. The quantitative estimate of drug-likeness (QED) is 0.558. The zero-order valence-corrected chi connectivity index (χ0v) is 15.8. The molecule has 0 saturated heterocycles. The third-order valence-corrected chi connectivity index (χ3v) is 5.76. The molecule has 1 unspecified atom stereocenters. The summed E-state index contributed by atoms with van der Waals surface area (Å²) in [5.41, 5.74) is 8.29. The molecule has 0 saturated carbocycles. The van der Waals surface area contributed by atoms with Gasteiger partial charge in [-0.05, 0) is 30.5 Å². The number of hydrogen-bond acceptors (Lipinski definition) is 7. The highest BCUT2D eigenvalue weighted by atomic mass is 32.1. The van der Waals surface area contributed by atoms with Crippen LogP contribution in [0.25, 0.3) is 10.2 Å². The van der Waals surface area contributed by atoms with E-state index in [1.54, 1.807) is 6.33 Å². The van der Waals surface area contributed by atoms with Gasteiger partial charge in [0.15, 0.2) is 0 Å². The Labute approximate surface area is 164 Å². The summed E-state index contributed by atoms with van der Waals surface area (Å²) in [4.78, 5) is 30.9. The third-order valence-electron chi connectivity index (χ3n) is 4.86. The maximum absolute atomic E-state index is 12.4. The number of aromatic amines is 1. The Bertz CT molecular complexity index is 1250. The maximum atomic E-state index is 12.4. The molecule has 1 aliphatic rings. The number of nitrogens with zero attached hydrogens (tertiary/aromatic N) is 5. The second kappa shape index (κ2) is 6.31. The van der Waals surface area contributed by atoms with Gasteiger partial charge in [0, 0.05) is 5.69 Å². The minimum atomic E-state index is -0.245. The summed E-state index contributed by atoms with van der Waals surface area (Å²) in [6.07, 6.45) is 1.72. The van der Waals surface area contributed by atoms with E-state index in [-0.39, 0.29) is 11.6 Å². The van der Waals surface area contributed by atoms with E-state index in [1.807, 2.05) is 53.3 Å². The lowest BCUT2D eigenvalue weighted by molar-refractivity contribution is 0.596. The largest absolute Gasteiger partial charge is 0.382 e. The molecule has 1 aliphatic heterocycles. The van der Waals surface area contributed by atoms with Crippen LogP contribution in [0.2, 0.25) is 0 Å². The predicted molar refractivity (Wildman–Crippen MR) is 110 cm³/mol. The number of rotatable bonds is 3. The van der Waals surface area contributed by atoms with Crippen molar-refractivity contribution in [2.45, 2.75) is 13.0 Å². The summed E-state index contributed by atoms with van der Waals surface area (Å²) in [5, 5.41) is 1.87. The number of imidazole rings is 1. The second-order valence-electron chi connectivity index (χ2n) is 6.53. The van der Waals surface area contributed by atoms with Crippen molar-refractivity contribution >= 4 is 38.9 Å². The standard InChI is InChI=1S/C19H17N7OS/c1-11(17-23-13-7-8-28-15(13)18(27)24-17)25-9-21-14-16(20)22-10-26(19(14)25)12-5-3-2-4-6-12/h2-9,11H,10H2,1H3,(H2,20,22)(H,23,24,27). The van der Waals surface area contributed by atoms with Crippen LogP contribution in [0.5, 0.6) is 0 Å². The summed E-state index contributed by atoms with van der Waals surface area (Å²) in [6, 6.07) is 11.6. The van der Waals surface area contributed by atoms with Gasteiger partial charge < -0.3 is 20.2 Å². The van der Waals surface area contributed by atoms with Gasteiger partial charge in [0.1, 0.15) is 34.5 Å². The first-order valence-corrected chi connectivity index (χ1v) is 9.68. The fraction of sp³-hybridized carbons (Fsp3) is 0.158. The Morgan fingerprint density at radius 2 is 2.07 bits per heavy atom. The number of H-pyrrole nitrogens is 1. The summed E-state index contributed by atoms with van der Waals surface area (Å²) < 4.78 is 2.60. The van der Waals surface area contributed by atoms with E-state index in [2.05, 4.69) is 24.8 Å². The van der Waals surface area contributed by atoms with Gasteiger partial charge in [0.05, 0.1) is 17.9 Å². The minimum Gasteiger partial charge on any atom is -0.382 e. The molecule has 5 rings (SSSR count). The van der Waals surface area contributed by atoms with E-state index in [0.29, 0.717) is 34.2 Å². The van der Waals surface area contributed by atoms with Gasteiger partial charge in [-0.15, -0.1) is 11.3 Å². The molecular formula is C19H17N7OS. The zero-order valence-electron chi connectivity index (χ0n) is 15.0. The van der Waals surface area contributed by atoms with Crippen LogP contribution in [-0.4, -0.2) is 32.0 Å². The van der Waals surface area contributed by atoms with Crippen molar-refractivity contribution in [3.63, 3.8) is 0 Å². The van der Waals surface area contributed by atoms with Gasteiger partial charge in [-0.3, -0.25) is 4.79 Å². The van der Waals surface area contributed by atoms with Crippen LogP contribution in [0.1, 0.15) is 24.5 Å². The van der Waals surface area contributed by atoms with Gasteiger partial charge in [0.25, 0.3) is 5.56 Å². The van der Waals surface area contributed by atoms with Crippen molar-refractivity contribution in [1.29, 1.82) is 0 Å². The van der Waals surface area contributed by atoms with Crippen LogP contribution in [0.15, 0.2) is 57.9 Å². The minimum absolute atomic E-state index is 0.128. The number of nitrogens with one attached hydrogen (secondary N) is 1. The summed E-state index contributed by atoms with van der Waals surface area (Å²) in [6.45, 7) is 2.37. The van der Waals surface area contributed by atoms with Gasteiger partial charge in [-0.2, -0.15) is 0 Å². The lowest BCUT2D eigenvalue weighted by Crippen LogP contribution is -2.31. The van der Waals surface area contributed by atoms with E-state index in [4.69, 9.17) is 5.73 Å². The molecule has 140 valence electrons. The molecule has 8 nitrogen and oxygen atoms in total. The van der Waals surface area contributed by atoms with Crippen molar-refractivity contribution in [2.24, 2.45) is 10.7 Å². The number of thiophene rings is 1. The number of aromatic nitrogens is 4. The number of amidine groups is 1. The van der Waals surface area contributed by atoms with E-state index in [1.165, 1.54) is 11.3 Å². The number of benzene rings is 1. The Kier molecular flexibility index (Phi) is 3.76. The first-order chi connectivity index (χ1) is 13.6. The predicted octanol–water partition coefficient (Wildman–Crippen LogP) is 2.60. The molecule has 1 atom stereocenters. The van der Waals surface area contributed by atoms with Crippen LogP contribution in [0.4, 0.5) is 11.5 Å². The Balaban J connectivity index is 1.65. The molecule has 4 heterocycles. The van der Waals surface area contributed by atoms with E-state index < -0.39 is 0 Å². The van der Waals surface area contributed by atoms with Crippen molar-refractivity contribution < 1.29 is 0 Å². The molecule has 0 radical (unpaired) electrons. The van der Waals surface area contributed by atoms with E-state index in [9.17, 15) is 4.79 Å². The molecule has 0 spiro atoms. The van der Waals surface area contributed by atoms with Crippen LogP contribution in [0, 0.1) is 0 Å². The number of aliphatic imine (C=N–C) groups is 1. The average molecular weight is 391 g/mol. The third kappa shape index (κ3) is 2.51. The number of fused-ring (bicyclic) bond motifs is 2. The van der Waals surface area contributed by atoms with Gasteiger partial charge in [0.2, 0.25) is 0 Å². The second-order valence-corrected chi connectivity index (χ2v) is 7.45. The average Bonchev–Trinajstić information content (AvgIpc) is 3.36. The molecule has 0 fully saturated rings. The number of anilines is 2. The van der Waals surface area contributed by atoms with Crippen molar-refractivity contribution in [3.8, 4) is 0 Å². The molecule has 0 amide bonds. The van der Waals surface area contributed by atoms with Gasteiger partial charge in [-0.1, -0.05) is 18.2 Å². The normalized spacial score (nSPS) is 14.8. The number of hydrogen-bond donors (Lipinski definition) is 2. The summed E-state index contributed by atoms with van der Waals surface area (Å²) in [7, 11) is 0. The van der Waals surface area contributed by atoms with Gasteiger partial charge in [-0.25, -0.2) is 15.0 Å². The Hall–Kier alpha value is -3.46. The van der Waals surface area contributed by atoms with Crippen LogP contribution in [-0.2, 0) is 0 Å². The molecular weight excluding hydrogens is 374 g/mol. The Morgan fingerprint density at radius 3 is 2.89 bits per heavy atom. The molecule has 1 aromatic carbocycles. The number of nitrogens with two attached hydrogens (primary N) is 1. The summed E-state index contributed by atoms with van der Waals surface area (Å²) in [5.74, 6) is 1.81. The molecule has 9 heteroatoms. The fourth-order valence-corrected chi connectivity index (χ4v) is 4.13. The van der Waals surface area contributed by atoms with E-state index >= 15 is 0 Å². The molecule has 4 aromatic rings. The van der Waals surface area contributed by atoms with Crippen molar-refractivity contribution in [3.05, 3.63) is 70.0 Å². The molecule has 0 bridgehead atoms. The number of para-hydroxylation sites is 1. The Morgan fingerprint density at radius 1 is 1.25 bits per heavy atom. The monoisotopic (exact) mass is 391 g/mol. The lowest BCUT2D eigenvalue weighted by Gasteiger charge is -2.29. The van der Waals surface area contributed by atoms with Gasteiger partial charge >= 0.3 is 0 Å². The highest BCUT2D eigenvalue weighted by Gasteiger charge is 2.28. The van der Waals surface area contributed by atoms with Crippen molar-refractivity contribution in [1.82, 2.24) is 19.5 Å². The van der Waals surface area contributed by atoms with E-state index in [0.717, 1.165) is 11.5 Å². The highest BCUT2D eigenvalue weighted by Crippen LogP contribution is 2.34. The maximum Gasteiger partial charge on any atom is 0.268 e.